The van der Waals surface area contributed by atoms with Crippen LogP contribution in [0.2, 0.25) is 0 Å². The van der Waals surface area contributed by atoms with Crippen LogP contribution in [0.3, 0.4) is 0 Å². The van der Waals surface area contributed by atoms with Gasteiger partial charge in [0.1, 0.15) is 0 Å². The molecule has 0 bridgehead atoms. The smallest absolute Gasteiger partial charge is 0.185 e. The molecule has 0 aliphatic rings. The molecule has 0 saturated heterocycles. The summed E-state index contributed by atoms with van der Waals surface area (Å²) in [6.45, 7) is 6.76. The van der Waals surface area contributed by atoms with E-state index in [4.69, 9.17) is 0 Å². The summed E-state index contributed by atoms with van der Waals surface area (Å²) in [5, 5.41) is 10.4. The van der Waals surface area contributed by atoms with Gasteiger partial charge in [-0.2, -0.15) is 0 Å². The molecule has 1 aromatic rings. The van der Waals surface area contributed by atoms with E-state index in [9.17, 15) is 5.11 Å². The quantitative estimate of drug-likeness (QED) is 0.810. The second-order valence-electron chi connectivity index (χ2n) is 3.13. The Bertz CT molecular complexity index is 283. The van der Waals surface area contributed by atoms with Crippen molar-refractivity contribution in [2.45, 2.75) is 26.9 Å². The Morgan fingerprint density at radius 1 is 1.62 bits per heavy atom. The molecule has 4 heteroatoms. The Kier molecular flexibility index (Phi) is 3.27. The van der Waals surface area contributed by atoms with E-state index >= 15 is 0 Å². The van der Waals surface area contributed by atoms with Gasteiger partial charge in [0.2, 0.25) is 0 Å². The third-order valence-electron chi connectivity index (χ3n) is 2.02. The van der Waals surface area contributed by atoms with Gasteiger partial charge in [-0.25, -0.2) is 4.98 Å². The van der Waals surface area contributed by atoms with Gasteiger partial charge in [0, 0.05) is 18.5 Å². The molecule has 0 amide bonds. The predicted octanol–water partition coefficient (Wildman–Crippen LogP) is 1.96. The van der Waals surface area contributed by atoms with Crippen LogP contribution in [0.1, 0.15) is 30.5 Å². The molecule has 0 spiro atoms. The van der Waals surface area contributed by atoms with Crippen LogP contribution in [0.15, 0.2) is 0 Å². The maximum Gasteiger partial charge on any atom is 0.185 e. The zero-order valence-electron chi connectivity index (χ0n) is 8.53. The van der Waals surface area contributed by atoms with E-state index in [1.807, 2.05) is 14.0 Å². The third kappa shape index (κ3) is 2.19. The number of hydrogen-bond acceptors (Lipinski definition) is 4. The molecule has 0 aliphatic heterocycles. The molecular weight excluding hydrogens is 184 g/mol. The van der Waals surface area contributed by atoms with Crippen molar-refractivity contribution in [3.8, 4) is 0 Å². The lowest BCUT2D eigenvalue weighted by atomic mass is 10.3. The van der Waals surface area contributed by atoms with Crippen molar-refractivity contribution in [2.24, 2.45) is 0 Å². The van der Waals surface area contributed by atoms with Gasteiger partial charge in [-0.1, -0.05) is 0 Å². The lowest BCUT2D eigenvalue weighted by Crippen LogP contribution is -2.15. The van der Waals surface area contributed by atoms with E-state index in [0.717, 1.165) is 22.2 Å². The summed E-state index contributed by atoms with van der Waals surface area (Å²) in [4.78, 5) is 7.55. The van der Waals surface area contributed by atoms with E-state index in [0.29, 0.717) is 0 Å². The normalized spacial score (nSPS) is 13.0. The van der Waals surface area contributed by atoms with E-state index in [2.05, 4.69) is 16.8 Å². The van der Waals surface area contributed by atoms with Crippen LogP contribution in [0.4, 0.5) is 5.13 Å². The molecule has 0 aromatic carbocycles. The maximum absolute atomic E-state index is 9.40. The van der Waals surface area contributed by atoms with Crippen molar-refractivity contribution < 1.29 is 5.11 Å². The predicted molar refractivity (Wildman–Crippen MR) is 56.4 cm³/mol. The van der Waals surface area contributed by atoms with Crippen molar-refractivity contribution in [2.75, 3.05) is 18.5 Å². The molecule has 1 heterocycles. The first-order valence-corrected chi connectivity index (χ1v) is 5.24. The monoisotopic (exact) mass is 200 g/mol. The number of aryl methyl sites for hydroxylation is 1. The Hall–Kier alpha value is -0.610. The summed E-state index contributed by atoms with van der Waals surface area (Å²) in [6, 6.07) is 0. The number of aliphatic hydroxyl groups is 1. The number of hydrogen-bond donors (Lipinski definition) is 1. The van der Waals surface area contributed by atoms with E-state index in [-0.39, 0.29) is 0 Å². The van der Waals surface area contributed by atoms with Crippen LogP contribution in [-0.2, 0) is 0 Å². The van der Waals surface area contributed by atoms with Gasteiger partial charge < -0.3 is 10.0 Å². The summed E-state index contributed by atoms with van der Waals surface area (Å²) in [5.74, 6) is 0. The molecular formula is C9H16N2OS. The minimum absolute atomic E-state index is 0.463. The fourth-order valence-electron chi connectivity index (χ4n) is 1.08. The highest BCUT2D eigenvalue weighted by Gasteiger charge is 2.13. The molecule has 1 aromatic heterocycles. The Morgan fingerprint density at radius 3 is 2.62 bits per heavy atom. The van der Waals surface area contributed by atoms with E-state index in [1.54, 1.807) is 18.3 Å². The van der Waals surface area contributed by atoms with Gasteiger partial charge in [0.25, 0.3) is 0 Å². The van der Waals surface area contributed by atoms with Gasteiger partial charge in [0.05, 0.1) is 11.8 Å². The first kappa shape index (κ1) is 10.5. The van der Waals surface area contributed by atoms with Crippen LogP contribution in [0.5, 0.6) is 0 Å². The summed E-state index contributed by atoms with van der Waals surface area (Å²) >= 11 is 1.63. The van der Waals surface area contributed by atoms with Crippen LogP contribution in [0, 0.1) is 6.92 Å². The molecule has 1 rings (SSSR count). The minimum atomic E-state index is -0.463. The number of nitrogens with zero attached hydrogens (tertiary/aromatic N) is 2. The van der Waals surface area contributed by atoms with E-state index < -0.39 is 6.10 Å². The molecule has 1 unspecified atom stereocenters. The van der Waals surface area contributed by atoms with Gasteiger partial charge in [-0.05, 0) is 20.8 Å². The highest BCUT2D eigenvalue weighted by atomic mass is 32.1. The van der Waals surface area contributed by atoms with Gasteiger partial charge >= 0.3 is 0 Å². The highest BCUT2D eigenvalue weighted by Crippen LogP contribution is 2.28. The van der Waals surface area contributed by atoms with Crippen molar-refractivity contribution in [3.63, 3.8) is 0 Å². The molecule has 74 valence electrons. The zero-order chi connectivity index (χ0) is 10.0. The average molecular weight is 200 g/mol. The fraction of sp³-hybridized carbons (Fsp3) is 0.667. The second-order valence-corrected chi connectivity index (χ2v) is 4.31. The first-order chi connectivity index (χ1) is 6.06. The molecule has 13 heavy (non-hydrogen) atoms. The van der Waals surface area contributed by atoms with E-state index in [1.165, 1.54) is 0 Å². The lowest BCUT2D eigenvalue weighted by Gasteiger charge is -2.11. The first-order valence-electron chi connectivity index (χ1n) is 4.42. The summed E-state index contributed by atoms with van der Waals surface area (Å²) in [7, 11) is 2.00. The molecule has 3 nitrogen and oxygen atoms in total. The zero-order valence-corrected chi connectivity index (χ0v) is 9.35. The van der Waals surface area contributed by atoms with Crippen molar-refractivity contribution in [1.82, 2.24) is 4.98 Å². The maximum atomic E-state index is 9.40. The Balaban J connectivity index is 2.95. The van der Waals surface area contributed by atoms with Crippen LogP contribution < -0.4 is 4.90 Å². The van der Waals surface area contributed by atoms with Crippen molar-refractivity contribution >= 4 is 16.5 Å². The number of thiazole rings is 1. The Labute approximate surface area is 83.0 Å². The summed E-state index contributed by atoms with van der Waals surface area (Å²) in [6.07, 6.45) is -0.463. The lowest BCUT2D eigenvalue weighted by molar-refractivity contribution is 0.194. The Morgan fingerprint density at radius 2 is 2.23 bits per heavy atom. The van der Waals surface area contributed by atoms with Gasteiger partial charge in [0.15, 0.2) is 5.13 Å². The minimum Gasteiger partial charge on any atom is -0.387 e. The molecule has 1 N–H and O–H groups in total. The van der Waals surface area contributed by atoms with Crippen LogP contribution in [0.25, 0.3) is 0 Å². The fourth-order valence-corrected chi connectivity index (χ4v) is 2.10. The van der Waals surface area contributed by atoms with Crippen molar-refractivity contribution in [3.05, 3.63) is 10.6 Å². The standard InChI is InChI=1S/C9H16N2OS/c1-5-11(4)9-10-8(6(2)12)7(3)13-9/h6,12H,5H2,1-4H3. The van der Waals surface area contributed by atoms with Crippen LogP contribution >= 0.6 is 11.3 Å². The highest BCUT2D eigenvalue weighted by molar-refractivity contribution is 7.15. The average Bonchev–Trinajstić information content (AvgIpc) is 2.46. The molecule has 0 aliphatic carbocycles. The van der Waals surface area contributed by atoms with Gasteiger partial charge in [-0.3, -0.25) is 0 Å². The third-order valence-corrected chi connectivity index (χ3v) is 3.12. The molecule has 0 radical (unpaired) electrons. The van der Waals surface area contributed by atoms with Crippen molar-refractivity contribution in [1.29, 1.82) is 0 Å². The molecule has 0 fully saturated rings. The SMILES string of the molecule is CCN(C)c1nc(C(C)O)c(C)s1. The molecule has 0 saturated carbocycles. The van der Waals surface area contributed by atoms with Crippen LogP contribution in [-0.4, -0.2) is 23.7 Å². The second kappa shape index (κ2) is 4.07. The topological polar surface area (TPSA) is 36.4 Å². The summed E-state index contributed by atoms with van der Waals surface area (Å²) < 4.78 is 0. The molecule has 1 atom stereocenters. The van der Waals surface area contributed by atoms with Gasteiger partial charge in [-0.15, -0.1) is 11.3 Å². The number of aliphatic hydroxyl groups excluding tert-OH is 1. The number of rotatable bonds is 3. The largest absolute Gasteiger partial charge is 0.387 e. The number of anilines is 1. The number of aromatic nitrogens is 1. The summed E-state index contributed by atoms with van der Waals surface area (Å²) in [5.41, 5.74) is 0.806.